The minimum atomic E-state index is -1.18. The molecule has 2 heteroatoms. The molecule has 0 atom stereocenters. The van der Waals surface area contributed by atoms with Gasteiger partial charge in [-0.2, -0.15) is 0 Å². The molecule has 0 bridgehead atoms. The normalized spacial score (nSPS) is 10.8. The Hall–Kier alpha value is -0.683. The number of rotatable bonds is 1. The average molecular weight is 154 g/mol. The van der Waals surface area contributed by atoms with Crippen LogP contribution in [0.3, 0.4) is 0 Å². The highest BCUT2D eigenvalue weighted by Crippen LogP contribution is 1.95. The lowest BCUT2D eigenvalue weighted by Crippen LogP contribution is -2.16. The Balaban J connectivity index is 3.81. The zero-order valence-corrected chi connectivity index (χ0v) is 8.06. The molecule has 0 radical (unpaired) electrons. The highest BCUT2D eigenvalue weighted by Gasteiger charge is 2.06. The maximum absolute atomic E-state index is 4.69. The number of allylic oxidation sites excluding steroid dienone is 1. The van der Waals surface area contributed by atoms with E-state index in [1.165, 1.54) is 0 Å². The van der Waals surface area contributed by atoms with E-state index in [0.717, 1.165) is 0 Å². The van der Waals surface area contributed by atoms with Crippen molar-refractivity contribution in [3.05, 3.63) is 12.3 Å². The molecule has 0 aliphatic carbocycles. The summed E-state index contributed by atoms with van der Waals surface area (Å²) in [6.07, 6.45) is 3.32. The van der Waals surface area contributed by atoms with E-state index in [1.807, 2.05) is 0 Å². The van der Waals surface area contributed by atoms with Crippen molar-refractivity contribution in [1.29, 1.82) is 0 Å². The van der Waals surface area contributed by atoms with Crippen molar-refractivity contribution in [1.82, 2.24) is 0 Å². The highest BCUT2D eigenvalue weighted by molar-refractivity contribution is 6.83. The summed E-state index contributed by atoms with van der Waals surface area (Å²) < 4.78 is 4.69. The summed E-state index contributed by atoms with van der Waals surface area (Å²) in [6, 6.07) is 0. The van der Waals surface area contributed by atoms with E-state index in [0.29, 0.717) is 0 Å². The lowest BCUT2D eigenvalue weighted by Gasteiger charge is -2.01. The first kappa shape index (κ1) is 9.32. The molecular weight excluding hydrogens is 140 g/mol. The van der Waals surface area contributed by atoms with Gasteiger partial charge in [0.1, 0.15) is 8.07 Å². The van der Waals surface area contributed by atoms with Crippen LogP contribution in [0.5, 0.6) is 0 Å². The van der Waals surface area contributed by atoms with Crippen molar-refractivity contribution in [3.8, 4) is 11.5 Å². The van der Waals surface area contributed by atoms with Crippen LogP contribution in [0, 0.1) is 11.5 Å². The van der Waals surface area contributed by atoms with E-state index in [1.54, 1.807) is 19.4 Å². The Morgan fingerprint density at radius 2 is 1.90 bits per heavy atom. The summed E-state index contributed by atoms with van der Waals surface area (Å²) in [6.45, 7) is 6.63. The lowest BCUT2D eigenvalue weighted by atomic mass is 10.7. The molecule has 0 aromatic heterocycles. The van der Waals surface area contributed by atoms with Gasteiger partial charge in [-0.15, -0.1) is 5.54 Å². The largest absolute Gasteiger partial charge is 0.504 e. The molecule has 0 spiro atoms. The molecule has 0 N–H and O–H groups in total. The quantitative estimate of drug-likeness (QED) is 0.319. The minimum absolute atomic E-state index is 1.18. The van der Waals surface area contributed by atoms with Crippen LogP contribution in [-0.4, -0.2) is 15.2 Å². The van der Waals surface area contributed by atoms with Crippen molar-refractivity contribution in [2.45, 2.75) is 19.6 Å². The number of hydrogen-bond acceptors (Lipinski definition) is 1. The van der Waals surface area contributed by atoms with Gasteiger partial charge in [-0.3, -0.25) is 0 Å². The molecule has 0 fully saturated rings. The SMILES string of the molecule is COC=CC#C[Si](C)(C)C. The third-order valence-electron chi connectivity index (χ3n) is 0.735. The molecule has 0 unspecified atom stereocenters. The molecule has 0 aromatic carbocycles. The summed E-state index contributed by atoms with van der Waals surface area (Å²) in [7, 11) is 0.443. The lowest BCUT2D eigenvalue weighted by molar-refractivity contribution is 0.338. The van der Waals surface area contributed by atoms with Gasteiger partial charge in [-0.05, 0) is 0 Å². The van der Waals surface area contributed by atoms with Crippen LogP contribution in [0.15, 0.2) is 12.3 Å². The Kier molecular flexibility index (Phi) is 3.90. The second-order valence-corrected chi connectivity index (χ2v) is 7.81. The first-order valence-electron chi connectivity index (χ1n) is 3.27. The molecular formula is C8H14OSi. The van der Waals surface area contributed by atoms with Crippen molar-refractivity contribution in [3.63, 3.8) is 0 Å². The minimum Gasteiger partial charge on any atom is -0.504 e. The second kappa shape index (κ2) is 4.18. The zero-order chi connectivity index (χ0) is 8.04. The van der Waals surface area contributed by atoms with Gasteiger partial charge in [0.15, 0.2) is 0 Å². The molecule has 0 rings (SSSR count). The predicted molar refractivity (Wildman–Crippen MR) is 47.3 cm³/mol. The standard InChI is InChI=1S/C8H14OSi/c1-9-7-5-6-8-10(2,3)4/h5,7H,1-4H3. The summed E-state index contributed by atoms with van der Waals surface area (Å²) in [5.41, 5.74) is 3.18. The highest BCUT2D eigenvalue weighted by atomic mass is 28.3. The first-order valence-corrected chi connectivity index (χ1v) is 6.77. The third-order valence-corrected chi connectivity index (χ3v) is 1.63. The van der Waals surface area contributed by atoms with E-state index >= 15 is 0 Å². The number of methoxy groups -OCH3 is 1. The molecule has 10 heavy (non-hydrogen) atoms. The fourth-order valence-corrected chi connectivity index (χ4v) is 0.877. The maximum Gasteiger partial charge on any atom is 0.129 e. The molecule has 0 saturated heterocycles. The first-order chi connectivity index (χ1) is 4.56. The van der Waals surface area contributed by atoms with Gasteiger partial charge < -0.3 is 4.74 Å². The molecule has 0 aliphatic rings. The fraction of sp³-hybridized carbons (Fsp3) is 0.500. The molecule has 0 saturated carbocycles. The van der Waals surface area contributed by atoms with Crippen molar-refractivity contribution in [2.75, 3.05) is 7.11 Å². The van der Waals surface area contributed by atoms with Crippen LogP contribution in [0.1, 0.15) is 0 Å². The Labute approximate surface area is 64.1 Å². The average Bonchev–Trinajstić information content (AvgIpc) is 1.78. The zero-order valence-electron chi connectivity index (χ0n) is 7.06. The van der Waals surface area contributed by atoms with Gasteiger partial charge in [0.2, 0.25) is 0 Å². The monoisotopic (exact) mass is 154 g/mol. The Morgan fingerprint density at radius 1 is 1.30 bits per heavy atom. The molecule has 0 heterocycles. The van der Waals surface area contributed by atoms with Gasteiger partial charge in [0, 0.05) is 6.08 Å². The number of ether oxygens (including phenoxy) is 1. The molecule has 0 aliphatic heterocycles. The Morgan fingerprint density at radius 3 is 2.30 bits per heavy atom. The molecule has 0 amide bonds. The third kappa shape index (κ3) is 7.32. The van der Waals surface area contributed by atoms with E-state index in [4.69, 9.17) is 0 Å². The van der Waals surface area contributed by atoms with E-state index in [9.17, 15) is 0 Å². The van der Waals surface area contributed by atoms with Gasteiger partial charge in [-0.25, -0.2) is 0 Å². The second-order valence-electron chi connectivity index (χ2n) is 3.06. The van der Waals surface area contributed by atoms with Gasteiger partial charge in [0.05, 0.1) is 13.4 Å². The molecule has 0 aromatic rings. The van der Waals surface area contributed by atoms with Gasteiger partial charge >= 0.3 is 0 Å². The molecule has 56 valence electrons. The number of hydrogen-bond donors (Lipinski definition) is 0. The molecule has 1 nitrogen and oxygen atoms in total. The van der Waals surface area contributed by atoms with E-state index < -0.39 is 8.07 Å². The summed E-state index contributed by atoms with van der Waals surface area (Å²) in [4.78, 5) is 0. The van der Waals surface area contributed by atoms with Crippen LogP contribution < -0.4 is 0 Å². The Bertz CT molecular complexity index is 166. The van der Waals surface area contributed by atoms with E-state index in [-0.39, 0.29) is 0 Å². The predicted octanol–water partition coefficient (Wildman–Crippen LogP) is 2.03. The van der Waals surface area contributed by atoms with Crippen molar-refractivity contribution >= 4 is 8.07 Å². The topological polar surface area (TPSA) is 9.23 Å². The van der Waals surface area contributed by atoms with Gasteiger partial charge in [-0.1, -0.05) is 25.6 Å². The summed E-state index contributed by atoms with van der Waals surface area (Å²) >= 11 is 0. The smallest absolute Gasteiger partial charge is 0.129 e. The van der Waals surface area contributed by atoms with E-state index in [2.05, 4.69) is 35.8 Å². The van der Waals surface area contributed by atoms with Crippen LogP contribution in [0.25, 0.3) is 0 Å². The van der Waals surface area contributed by atoms with Crippen LogP contribution in [0.2, 0.25) is 19.6 Å². The van der Waals surface area contributed by atoms with Crippen LogP contribution >= 0.6 is 0 Å². The summed E-state index contributed by atoms with van der Waals surface area (Å²) in [5.74, 6) is 2.93. The fourth-order valence-electron chi connectivity index (χ4n) is 0.360. The van der Waals surface area contributed by atoms with Crippen LogP contribution in [-0.2, 0) is 4.74 Å². The van der Waals surface area contributed by atoms with Crippen molar-refractivity contribution in [2.24, 2.45) is 0 Å². The van der Waals surface area contributed by atoms with Crippen molar-refractivity contribution < 1.29 is 4.74 Å². The summed E-state index contributed by atoms with van der Waals surface area (Å²) in [5, 5.41) is 0. The maximum atomic E-state index is 4.69. The van der Waals surface area contributed by atoms with Gasteiger partial charge in [0.25, 0.3) is 0 Å². The van der Waals surface area contributed by atoms with Crippen LogP contribution in [0.4, 0.5) is 0 Å².